The molecule has 0 bridgehead atoms. The molecule has 1 saturated heterocycles. The predicted molar refractivity (Wildman–Crippen MR) is 141 cm³/mol. The molecule has 0 spiro atoms. The number of carbonyl (C=O) groups excluding carboxylic acids is 1. The van der Waals surface area contributed by atoms with E-state index in [1.54, 1.807) is 24.5 Å². The Morgan fingerprint density at radius 1 is 1.19 bits per heavy atom. The summed E-state index contributed by atoms with van der Waals surface area (Å²) in [5.74, 6) is 0.583. The highest BCUT2D eigenvalue weighted by molar-refractivity contribution is 14.1. The second kappa shape index (κ2) is 8.93. The molecule has 6 rings (SSSR count). The molecular weight excluding hydrogens is 572 g/mol. The van der Waals surface area contributed by atoms with Crippen LogP contribution in [0.1, 0.15) is 41.6 Å². The lowest BCUT2D eigenvalue weighted by molar-refractivity contribution is -0.232. The van der Waals surface area contributed by atoms with Crippen LogP contribution in [0.3, 0.4) is 0 Å². The second-order valence-corrected chi connectivity index (χ2v) is 12.0. The quantitative estimate of drug-likeness (QED) is 0.284. The van der Waals surface area contributed by atoms with Gasteiger partial charge in [-0.2, -0.15) is 0 Å². The zero-order chi connectivity index (χ0) is 24.9. The van der Waals surface area contributed by atoms with Crippen LogP contribution in [-0.4, -0.2) is 48.9 Å². The lowest BCUT2D eigenvalue weighted by Crippen LogP contribution is -2.71. The minimum Gasteiger partial charge on any atom is -0.474 e. The Morgan fingerprint density at radius 2 is 2.00 bits per heavy atom. The summed E-state index contributed by atoms with van der Waals surface area (Å²) >= 11 is -0.619. The predicted octanol–water partition coefficient (Wildman–Crippen LogP) is 5.55. The fourth-order valence-corrected chi connectivity index (χ4v) is 7.69. The monoisotopic (exact) mass is 599 g/mol. The van der Waals surface area contributed by atoms with Gasteiger partial charge in [0, 0.05) is 51.9 Å². The van der Waals surface area contributed by atoms with E-state index in [1.165, 1.54) is 12.3 Å². The van der Waals surface area contributed by atoms with Gasteiger partial charge < -0.3 is 9.64 Å². The van der Waals surface area contributed by atoms with Gasteiger partial charge in [0.25, 0.3) is 5.91 Å². The van der Waals surface area contributed by atoms with E-state index in [9.17, 15) is 9.18 Å². The van der Waals surface area contributed by atoms with Crippen LogP contribution in [0.2, 0.25) is 0 Å². The number of alkyl halides is 1. The number of aryl methyl sites for hydroxylation is 1. The summed E-state index contributed by atoms with van der Waals surface area (Å²) in [6.07, 6.45) is 8.29. The van der Waals surface area contributed by atoms with Gasteiger partial charge in [0.15, 0.2) is 5.82 Å². The molecule has 3 unspecified atom stereocenters. The minimum absolute atomic E-state index is 0.00282. The Balaban J connectivity index is 1.34. The van der Waals surface area contributed by atoms with Gasteiger partial charge in [-0.05, 0) is 71.8 Å². The van der Waals surface area contributed by atoms with Crippen LogP contribution in [0.25, 0.3) is 11.4 Å². The van der Waals surface area contributed by atoms with Crippen molar-refractivity contribution < 1.29 is 13.9 Å². The average Bonchev–Trinajstić information content (AvgIpc) is 2.99. The van der Waals surface area contributed by atoms with Crippen LogP contribution in [0.5, 0.6) is 5.88 Å². The summed E-state index contributed by atoms with van der Waals surface area (Å²) in [4.78, 5) is 29.2. The number of nitrogens with one attached hydrogen (secondary N) is 1. The lowest BCUT2D eigenvalue weighted by atomic mass is 9.36. The number of pyridine rings is 1. The molecule has 3 aromatic rings. The van der Waals surface area contributed by atoms with Crippen molar-refractivity contribution >= 4 is 26.9 Å². The van der Waals surface area contributed by atoms with E-state index in [1.807, 2.05) is 25.1 Å². The Hall–Kier alpha value is -2.82. The molecule has 2 aliphatic carbocycles. The van der Waals surface area contributed by atoms with Gasteiger partial charge >= 0.3 is 0 Å². The van der Waals surface area contributed by atoms with Gasteiger partial charge in [-0.25, -0.2) is 19.3 Å². The number of ether oxygens (including phenoxy) is 1. The molecule has 7 nitrogen and oxygen atoms in total. The van der Waals surface area contributed by atoms with E-state index in [0.29, 0.717) is 23.8 Å². The molecule has 1 amide bonds. The number of carbonyl (C=O) groups is 1. The highest BCUT2D eigenvalue weighted by Crippen LogP contribution is 2.77. The summed E-state index contributed by atoms with van der Waals surface area (Å²) in [5, 5.41) is 0. The van der Waals surface area contributed by atoms with Crippen molar-refractivity contribution in [2.45, 2.75) is 44.8 Å². The maximum atomic E-state index is 14.2. The van der Waals surface area contributed by atoms with Gasteiger partial charge in [0.1, 0.15) is 11.9 Å². The molecule has 1 N–H and O–H groups in total. The number of nitrogens with zero attached hydrogens (tertiary/aromatic N) is 4. The molecule has 4 atom stereocenters. The number of hydrogen-bond acceptors (Lipinski definition) is 6. The van der Waals surface area contributed by atoms with Gasteiger partial charge in [-0.15, -0.1) is 0 Å². The summed E-state index contributed by atoms with van der Waals surface area (Å²) < 4.78 is 28.4. The highest BCUT2D eigenvalue weighted by Gasteiger charge is 2.79. The maximum absolute atomic E-state index is 14.2. The maximum Gasteiger partial charge on any atom is 0.254 e. The normalized spacial score (nSPS) is 28.0. The summed E-state index contributed by atoms with van der Waals surface area (Å²) in [5.41, 5.74) is 2.29. The molecule has 2 aromatic heterocycles. The topological polar surface area (TPSA) is 92.1 Å². The number of benzene rings is 1. The van der Waals surface area contributed by atoms with E-state index in [-0.39, 0.29) is 34.7 Å². The van der Waals surface area contributed by atoms with Crippen LogP contribution in [-0.2, 0) is 0 Å². The van der Waals surface area contributed by atoms with E-state index >= 15 is 0 Å². The third-order valence-electron chi connectivity index (χ3n) is 8.55. The standard InChI is InChI=1S/C27H27FIN5O2/c1-17-3-5-19(24-31-11-2-12-32-24)20(13-17)25(35)34-16-27-9-8-26(27,21(34)7-10-29-30)14-22(27)36-23-6-4-18(28)15-33-23/h2-6,11-13,15,21-22,30H,7-10,14,16H2,1H3/t21?,22?,26-,27?/m0/s1. The fourth-order valence-electron chi connectivity index (χ4n) is 6.79. The van der Waals surface area contributed by atoms with Crippen molar-refractivity contribution in [2.75, 3.05) is 11.0 Å². The van der Waals surface area contributed by atoms with Crippen molar-refractivity contribution in [3.63, 3.8) is 0 Å². The molecule has 3 fully saturated rings. The van der Waals surface area contributed by atoms with Crippen LogP contribution >= 0.6 is 21.0 Å². The molecule has 1 aliphatic heterocycles. The van der Waals surface area contributed by atoms with Crippen molar-refractivity contribution in [1.82, 2.24) is 19.9 Å². The summed E-state index contributed by atoms with van der Waals surface area (Å²) in [7, 11) is 0. The van der Waals surface area contributed by atoms with Crippen LogP contribution in [0, 0.1) is 27.1 Å². The van der Waals surface area contributed by atoms with E-state index in [2.05, 4.69) is 19.9 Å². The molecule has 186 valence electrons. The average molecular weight is 599 g/mol. The van der Waals surface area contributed by atoms with Crippen molar-refractivity contribution in [3.05, 3.63) is 71.9 Å². The first-order valence-corrected chi connectivity index (χ1v) is 14.8. The first-order valence-electron chi connectivity index (χ1n) is 12.2. The van der Waals surface area contributed by atoms with E-state index < -0.39 is 21.0 Å². The summed E-state index contributed by atoms with van der Waals surface area (Å²) in [6.45, 7) is 2.62. The Labute approximate surface area is 219 Å². The largest absolute Gasteiger partial charge is 0.474 e. The Kier molecular flexibility index (Phi) is 5.85. The van der Waals surface area contributed by atoms with Gasteiger partial charge in [0.05, 0.1) is 11.8 Å². The molecule has 3 aliphatic rings. The molecular formula is C27H27FIN5O2. The first kappa shape index (κ1) is 23.6. The van der Waals surface area contributed by atoms with Gasteiger partial charge in [-0.1, -0.05) is 17.7 Å². The van der Waals surface area contributed by atoms with E-state index in [4.69, 9.17) is 8.30 Å². The Morgan fingerprint density at radius 3 is 2.69 bits per heavy atom. The lowest BCUT2D eigenvalue weighted by Gasteiger charge is -2.69. The molecule has 9 heteroatoms. The zero-order valence-electron chi connectivity index (χ0n) is 20.0. The van der Waals surface area contributed by atoms with Crippen molar-refractivity contribution in [3.8, 4) is 17.3 Å². The molecule has 0 radical (unpaired) electrons. The van der Waals surface area contributed by atoms with Crippen molar-refractivity contribution in [2.24, 2.45) is 10.8 Å². The fraction of sp³-hybridized carbons (Fsp3) is 0.407. The molecule has 2 saturated carbocycles. The number of aromatic nitrogens is 3. The van der Waals surface area contributed by atoms with Crippen LogP contribution in [0.4, 0.5) is 4.39 Å². The first-order chi connectivity index (χ1) is 17.5. The number of halogens is 2. The van der Waals surface area contributed by atoms with Crippen molar-refractivity contribution in [1.29, 1.82) is 3.56 Å². The van der Waals surface area contributed by atoms with Crippen LogP contribution in [0.15, 0.2) is 55.0 Å². The molecule has 1 aromatic carbocycles. The third-order valence-corrected chi connectivity index (χ3v) is 9.72. The SMILES string of the molecule is Cc1ccc(-c2ncccn2)c(C(=O)N2CC34CC[C@]3(CC4Oc3ccc(F)cn3)C2CCI=N)c1. The van der Waals surface area contributed by atoms with Gasteiger partial charge in [-0.3, -0.25) is 8.36 Å². The number of rotatable bonds is 7. The van der Waals surface area contributed by atoms with E-state index in [0.717, 1.165) is 41.2 Å². The summed E-state index contributed by atoms with van der Waals surface area (Å²) in [6, 6.07) is 10.7. The molecule has 36 heavy (non-hydrogen) atoms. The highest BCUT2D eigenvalue weighted by atomic mass is 127. The zero-order valence-corrected chi connectivity index (χ0v) is 22.1. The smallest absolute Gasteiger partial charge is 0.254 e. The molecule has 3 heterocycles. The number of hydrogen-bond donors (Lipinski definition) is 1. The Bertz CT molecular complexity index is 1320. The number of likely N-dealkylation sites (tertiary alicyclic amines) is 1. The number of amides is 1. The van der Waals surface area contributed by atoms with Gasteiger partial charge in [0.2, 0.25) is 5.88 Å². The third kappa shape index (κ3) is 3.49. The minimum atomic E-state index is -0.619. The van der Waals surface area contributed by atoms with Crippen LogP contribution < -0.4 is 4.74 Å². The second-order valence-electron chi connectivity index (χ2n) is 10.1.